The van der Waals surface area contributed by atoms with E-state index < -0.39 is 16.3 Å². The summed E-state index contributed by atoms with van der Waals surface area (Å²) in [5.41, 5.74) is 1.83. The molecule has 0 aliphatic carbocycles. The zero-order valence-corrected chi connectivity index (χ0v) is 15.0. The molecule has 0 bridgehead atoms. The van der Waals surface area contributed by atoms with E-state index in [1.54, 1.807) is 43.4 Å². The van der Waals surface area contributed by atoms with Gasteiger partial charge in [-0.2, -0.15) is 18.2 Å². The third kappa shape index (κ3) is 4.13. The van der Waals surface area contributed by atoms with Gasteiger partial charge in [-0.3, -0.25) is 4.79 Å². The maximum Gasteiger partial charge on any atom is 0.419 e. The fourth-order valence-electron chi connectivity index (χ4n) is 2.62. The summed E-state index contributed by atoms with van der Waals surface area (Å²) in [6, 6.07) is 14.1. The Morgan fingerprint density at radius 2 is 1.74 bits per heavy atom. The minimum atomic E-state index is -4.13. The molecular formula is C17H16N4O5S. The smallest absolute Gasteiger partial charge is 0.419 e. The molecule has 3 aromatic rings. The van der Waals surface area contributed by atoms with Gasteiger partial charge in [-0.25, -0.2) is 14.2 Å². The minimum Gasteiger partial charge on any atom is -0.464 e. The van der Waals surface area contributed by atoms with Crippen LogP contribution in [-0.4, -0.2) is 29.4 Å². The van der Waals surface area contributed by atoms with E-state index in [2.05, 4.69) is 9.82 Å². The molecule has 0 aliphatic heterocycles. The highest BCUT2D eigenvalue weighted by molar-refractivity contribution is 7.88. The van der Waals surface area contributed by atoms with Crippen molar-refractivity contribution >= 4 is 27.1 Å². The van der Waals surface area contributed by atoms with Crippen LogP contribution in [0.1, 0.15) is 5.56 Å². The van der Waals surface area contributed by atoms with Gasteiger partial charge in [-0.15, -0.1) is 0 Å². The van der Waals surface area contributed by atoms with Gasteiger partial charge in [0.05, 0.1) is 11.1 Å². The molecule has 10 heteroatoms. The summed E-state index contributed by atoms with van der Waals surface area (Å²) in [6.07, 6.45) is -1.66. The number of hydrogen-bond donors (Lipinski definition) is 3. The summed E-state index contributed by atoms with van der Waals surface area (Å²) >= 11 is 0. The molecule has 0 fully saturated rings. The second-order valence-corrected chi connectivity index (χ2v) is 7.25. The van der Waals surface area contributed by atoms with Crippen LogP contribution in [0, 0.1) is 0 Å². The zero-order chi connectivity index (χ0) is 19.6. The number of benzene rings is 2. The first-order valence-corrected chi connectivity index (χ1v) is 9.31. The molecule has 1 heterocycles. The van der Waals surface area contributed by atoms with Gasteiger partial charge in [0.2, 0.25) is 0 Å². The second kappa shape index (κ2) is 7.17. The monoisotopic (exact) mass is 388 g/mol. The molecule has 27 heavy (non-hydrogen) atoms. The Morgan fingerprint density at radius 1 is 1.11 bits per heavy atom. The number of rotatable bonds is 5. The Hall–Kier alpha value is -3.24. The highest BCUT2D eigenvalue weighted by Gasteiger charge is 2.13. The van der Waals surface area contributed by atoms with E-state index in [0.29, 0.717) is 16.6 Å². The average molecular weight is 388 g/mol. The summed E-state index contributed by atoms with van der Waals surface area (Å²) in [6.45, 7) is -0.0790. The van der Waals surface area contributed by atoms with Crippen LogP contribution in [0.3, 0.4) is 0 Å². The molecule has 0 aliphatic rings. The van der Waals surface area contributed by atoms with Crippen molar-refractivity contribution in [2.24, 2.45) is 7.05 Å². The maximum absolute atomic E-state index is 12.2. The number of fused-ring (bicyclic) bond motifs is 1. The van der Waals surface area contributed by atoms with E-state index in [1.807, 2.05) is 12.1 Å². The molecule has 3 N–H and O–H groups in total. The molecule has 140 valence electrons. The lowest BCUT2D eigenvalue weighted by atomic mass is 10.0. The van der Waals surface area contributed by atoms with E-state index >= 15 is 0 Å². The first kappa shape index (κ1) is 18.5. The molecule has 0 unspecified atom stereocenters. The maximum atomic E-state index is 12.2. The third-order valence-corrected chi connectivity index (χ3v) is 4.84. The van der Waals surface area contributed by atoms with E-state index in [4.69, 9.17) is 5.11 Å². The molecule has 0 atom stereocenters. The predicted molar refractivity (Wildman–Crippen MR) is 99.3 cm³/mol. The first-order valence-electron chi connectivity index (χ1n) is 7.82. The summed E-state index contributed by atoms with van der Waals surface area (Å²) in [4.78, 5) is 22.6. The van der Waals surface area contributed by atoms with Crippen molar-refractivity contribution in [1.82, 2.24) is 19.2 Å². The van der Waals surface area contributed by atoms with Gasteiger partial charge in [0, 0.05) is 24.5 Å². The number of nitrogens with one attached hydrogen (secondary N) is 2. The average Bonchev–Trinajstić information content (AvgIpc) is 2.63. The van der Waals surface area contributed by atoms with Crippen molar-refractivity contribution in [3.8, 4) is 11.3 Å². The van der Waals surface area contributed by atoms with Crippen LogP contribution >= 0.6 is 0 Å². The number of aromatic nitrogens is 2. The molecule has 1 amide bonds. The van der Waals surface area contributed by atoms with Crippen molar-refractivity contribution in [2.45, 2.75) is 6.54 Å². The lowest BCUT2D eigenvalue weighted by Gasteiger charge is -2.09. The van der Waals surface area contributed by atoms with Crippen molar-refractivity contribution in [3.63, 3.8) is 0 Å². The van der Waals surface area contributed by atoms with E-state index in [0.717, 1.165) is 10.9 Å². The molecule has 9 nitrogen and oxygen atoms in total. The fraction of sp³-hybridized carbons (Fsp3) is 0.118. The van der Waals surface area contributed by atoms with Crippen LogP contribution < -0.4 is 15.0 Å². The fourth-order valence-corrected chi connectivity index (χ4v) is 3.28. The van der Waals surface area contributed by atoms with Crippen molar-refractivity contribution in [1.29, 1.82) is 0 Å². The van der Waals surface area contributed by atoms with Crippen molar-refractivity contribution < 1.29 is 18.3 Å². The normalized spacial score (nSPS) is 11.4. The van der Waals surface area contributed by atoms with Gasteiger partial charge in [0.1, 0.15) is 0 Å². The SMILES string of the molecule is Cn1nc(-c2ccc(CNS(=O)(=O)NC(=O)O)cc2)c2ccccc2c1=O. The van der Waals surface area contributed by atoms with Gasteiger partial charge < -0.3 is 5.11 Å². The van der Waals surface area contributed by atoms with Crippen LogP contribution in [-0.2, 0) is 23.8 Å². The summed E-state index contributed by atoms with van der Waals surface area (Å²) < 4.78 is 27.7. The molecule has 0 saturated heterocycles. The second-order valence-electron chi connectivity index (χ2n) is 5.75. The Balaban J connectivity index is 1.89. The molecule has 3 rings (SSSR count). The van der Waals surface area contributed by atoms with Gasteiger partial charge in [0.25, 0.3) is 5.56 Å². The zero-order valence-electron chi connectivity index (χ0n) is 14.2. The predicted octanol–water partition coefficient (Wildman–Crippen LogP) is 1.20. The number of amides is 1. The Kier molecular flexibility index (Phi) is 4.93. The number of aryl methyl sites for hydroxylation is 1. The standard InChI is InChI=1S/C17H16N4O5S/c1-21-16(22)14-5-3-2-4-13(14)15(19-21)12-8-6-11(7-9-12)10-18-27(25,26)20-17(23)24/h2-9,18,20H,10H2,1H3,(H,23,24). The van der Waals surface area contributed by atoms with Crippen LogP contribution in [0.4, 0.5) is 4.79 Å². The summed E-state index contributed by atoms with van der Waals surface area (Å²) in [7, 11) is -2.55. The Bertz CT molecular complexity index is 1170. The number of nitrogens with zero attached hydrogens (tertiary/aromatic N) is 2. The molecule has 1 aromatic heterocycles. The number of carboxylic acid groups (broad SMARTS) is 1. The molecule has 0 saturated carbocycles. The van der Waals surface area contributed by atoms with E-state index in [9.17, 15) is 18.0 Å². The summed E-state index contributed by atoms with van der Waals surface area (Å²) in [5, 5.41) is 14.1. The van der Waals surface area contributed by atoms with Gasteiger partial charge in [-0.05, 0) is 11.6 Å². The molecule has 2 aromatic carbocycles. The number of hydrogen-bond acceptors (Lipinski definition) is 5. The van der Waals surface area contributed by atoms with Crippen LogP contribution in [0.25, 0.3) is 22.0 Å². The number of carbonyl (C=O) groups is 1. The Labute approximate surface area is 154 Å². The quantitative estimate of drug-likeness (QED) is 0.602. The molecule has 0 radical (unpaired) electrons. The van der Waals surface area contributed by atoms with Crippen molar-refractivity contribution in [3.05, 3.63) is 64.4 Å². The summed E-state index contributed by atoms with van der Waals surface area (Å²) in [5.74, 6) is 0. The largest absolute Gasteiger partial charge is 0.464 e. The highest BCUT2D eigenvalue weighted by atomic mass is 32.2. The van der Waals surface area contributed by atoms with Gasteiger partial charge in [0.15, 0.2) is 0 Å². The lowest BCUT2D eigenvalue weighted by molar-refractivity contribution is 0.201. The highest BCUT2D eigenvalue weighted by Crippen LogP contribution is 2.24. The van der Waals surface area contributed by atoms with Crippen LogP contribution in [0.5, 0.6) is 0 Å². The van der Waals surface area contributed by atoms with Crippen LogP contribution in [0.2, 0.25) is 0 Å². The minimum absolute atomic E-state index is 0.0790. The topological polar surface area (TPSA) is 130 Å². The molecular weight excluding hydrogens is 372 g/mol. The third-order valence-electron chi connectivity index (χ3n) is 3.87. The van der Waals surface area contributed by atoms with Crippen LogP contribution in [0.15, 0.2) is 53.3 Å². The van der Waals surface area contributed by atoms with E-state index in [-0.39, 0.29) is 12.1 Å². The Morgan fingerprint density at radius 3 is 2.37 bits per heavy atom. The first-order chi connectivity index (χ1) is 12.8. The van der Waals surface area contributed by atoms with Gasteiger partial charge >= 0.3 is 16.3 Å². The lowest BCUT2D eigenvalue weighted by Crippen LogP contribution is -2.39. The van der Waals surface area contributed by atoms with E-state index in [1.165, 1.54) is 9.40 Å². The molecule has 0 spiro atoms. The van der Waals surface area contributed by atoms with Gasteiger partial charge in [-0.1, -0.05) is 42.5 Å². The van der Waals surface area contributed by atoms with Crippen molar-refractivity contribution in [2.75, 3.05) is 0 Å².